The van der Waals surface area contributed by atoms with Crippen molar-refractivity contribution in [1.29, 1.82) is 0 Å². The van der Waals surface area contributed by atoms with Gasteiger partial charge in [-0.2, -0.15) is 0 Å². The van der Waals surface area contributed by atoms with Crippen molar-refractivity contribution in [2.75, 3.05) is 13.7 Å². The largest absolute Gasteiger partial charge is 0.495 e. The van der Waals surface area contributed by atoms with Gasteiger partial charge in [-0.15, -0.1) is 0 Å². The van der Waals surface area contributed by atoms with E-state index in [2.05, 4.69) is 4.98 Å². The third-order valence-corrected chi connectivity index (χ3v) is 5.94. The number of fused-ring (bicyclic) bond motifs is 1. The molecule has 4 rings (SSSR count). The van der Waals surface area contributed by atoms with Gasteiger partial charge in [0.05, 0.1) is 30.3 Å². The van der Waals surface area contributed by atoms with Crippen LogP contribution in [0.25, 0.3) is 16.6 Å². The van der Waals surface area contributed by atoms with Crippen LogP contribution in [0.4, 0.5) is 0 Å². The van der Waals surface area contributed by atoms with Crippen molar-refractivity contribution >= 4 is 40.2 Å². The summed E-state index contributed by atoms with van der Waals surface area (Å²) in [5.41, 5.74) is 1.77. The Hall–Kier alpha value is -2.51. The Labute approximate surface area is 170 Å². The van der Waals surface area contributed by atoms with Gasteiger partial charge < -0.3 is 9.47 Å². The second-order valence-corrected chi connectivity index (χ2v) is 8.04. The van der Waals surface area contributed by atoms with Gasteiger partial charge >= 0.3 is 5.97 Å². The number of thioether (sulfide) groups is 1. The summed E-state index contributed by atoms with van der Waals surface area (Å²) in [6.45, 7) is 2.30. The van der Waals surface area contributed by atoms with Crippen molar-refractivity contribution in [3.63, 3.8) is 0 Å². The Bertz CT molecular complexity index is 1140. The van der Waals surface area contributed by atoms with Crippen LogP contribution in [0.15, 0.2) is 46.3 Å². The second-order valence-electron chi connectivity index (χ2n) is 6.43. The van der Waals surface area contributed by atoms with Gasteiger partial charge in [0, 0.05) is 11.4 Å². The quantitative estimate of drug-likeness (QED) is 0.476. The van der Waals surface area contributed by atoms with Crippen LogP contribution in [0.5, 0.6) is 5.75 Å². The average molecular weight is 417 g/mol. The molecule has 0 bridgehead atoms. The Kier molecular flexibility index (Phi) is 5.03. The molecular formula is C20H17ClN2O4S. The van der Waals surface area contributed by atoms with Crippen molar-refractivity contribution in [2.45, 2.75) is 23.8 Å². The minimum atomic E-state index is -0.411. The van der Waals surface area contributed by atoms with Crippen molar-refractivity contribution in [2.24, 2.45) is 0 Å². The molecule has 0 amide bonds. The summed E-state index contributed by atoms with van der Waals surface area (Å²) < 4.78 is 12.0. The Morgan fingerprint density at radius 1 is 1.25 bits per heavy atom. The minimum Gasteiger partial charge on any atom is -0.495 e. The number of carbonyl (C=O) groups excluding carboxylic acids is 1. The summed E-state index contributed by atoms with van der Waals surface area (Å²) in [6, 6.07) is 10.5. The van der Waals surface area contributed by atoms with E-state index in [-0.39, 0.29) is 11.5 Å². The molecule has 0 N–H and O–H groups in total. The highest BCUT2D eigenvalue weighted by Gasteiger charge is 2.30. The zero-order valence-electron chi connectivity index (χ0n) is 15.3. The molecule has 2 aromatic carbocycles. The molecule has 1 atom stereocenters. The summed E-state index contributed by atoms with van der Waals surface area (Å²) in [4.78, 5) is 30.0. The number of hydrogen-bond donors (Lipinski definition) is 0. The molecule has 0 spiro atoms. The number of carbonyl (C=O) groups is 1. The van der Waals surface area contributed by atoms with E-state index in [4.69, 9.17) is 21.1 Å². The van der Waals surface area contributed by atoms with Crippen molar-refractivity contribution < 1.29 is 14.3 Å². The predicted octanol–water partition coefficient (Wildman–Crippen LogP) is 3.76. The molecule has 1 fully saturated rings. The third-order valence-electron chi connectivity index (χ3n) is 4.51. The molecule has 1 aliphatic rings. The highest BCUT2D eigenvalue weighted by molar-refractivity contribution is 8.00. The van der Waals surface area contributed by atoms with Gasteiger partial charge in [-0.3, -0.25) is 14.2 Å². The number of esters is 1. The highest BCUT2D eigenvalue weighted by atomic mass is 35.5. The molecule has 0 aliphatic carbocycles. The van der Waals surface area contributed by atoms with E-state index in [1.54, 1.807) is 31.4 Å². The molecule has 28 heavy (non-hydrogen) atoms. The van der Waals surface area contributed by atoms with E-state index in [9.17, 15) is 9.59 Å². The normalized spacial score (nSPS) is 16.4. The van der Waals surface area contributed by atoms with Gasteiger partial charge in [0.15, 0.2) is 5.16 Å². The average Bonchev–Trinajstić information content (AvgIpc) is 3.06. The highest BCUT2D eigenvalue weighted by Crippen LogP contribution is 2.33. The SMILES string of the molecule is COc1ccc(C)cc1-n1c(SC2CCOC2=O)nc2cc(Cl)ccc2c1=O. The molecule has 1 aromatic heterocycles. The Balaban J connectivity index is 2.00. The molecule has 6 nitrogen and oxygen atoms in total. The first kappa shape index (κ1) is 18.8. The molecule has 0 saturated carbocycles. The molecule has 144 valence electrons. The first-order valence-corrected chi connectivity index (χ1v) is 9.94. The van der Waals surface area contributed by atoms with Crippen LogP contribution in [-0.2, 0) is 9.53 Å². The number of cyclic esters (lactones) is 1. The lowest BCUT2D eigenvalue weighted by molar-refractivity contribution is -0.137. The van der Waals surface area contributed by atoms with Gasteiger partial charge in [0.1, 0.15) is 11.0 Å². The summed E-state index contributed by atoms with van der Waals surface area (Å²) in [7, 11) is 1.55. The zero-order valence-corrected chi connectivity index (χ0v) is 16.8. The topological polar surface area (TPSA) is 70.4 Å². The standard InChI is InChI=1S/C20H17ClN2O4S/c1-11-3-6-16(26-2)15(9-11)23-18(24)13-5-4-12(21)10-14(13)22-20(23)28-17-7-8-27-19(17)25/h3-6,9-10,17H,7-8H2,1-2H3. The molecule has 2 heterocycles. The van der Waals surface area contributed by atoms with Gasteiger partial charge in [-0.05, 0) is 42.8 Å². The molecule has 1 aliphatic heterocycles. The number of rotatable bonds is 4. The lowest BCUT2D eigenvalue weighted by Gasteiger charge is -2.17. The number of halogens is 1. The number of methoxy groups -OCH3 is 1. The Morgan fingerprint density at radius 2 is 2.07 bits per heavy atom. The predicted molar refractivity (Wildman–Crippen MR) is 109 cm³/mol. The summed E-state index contributed by atoms with van der Waals surface area (Å²) in [6.07, 6.45) is 0.567. The van der Waals surface area contributed by atoms with Crippen LogP contribution >= 0.6 is 23.4 Å². The van der Waals surface area contributed by atoms with Crippen LogP contribution in [0.3, 0.4) is 0 Å². The fraction of sp³-hybridized carbons (Fsp3) is 0.250. The van der Waals surface area contributed by atoms with E-state index in [1.807, 2.05) is 19.1 Å². The van der Waals surface area contributed by atoms with E-state index < -0.39 is 5.25 Å². The minimum absolute atomic E-state index is 0.251. The van der Waals surface area contributed by atoms with Crippen molar-refractivity contribution in [3.05, 3.63) is 57.3 Å². The lowest BCUT2D eigenvalue weighted by atomic mass is 10.2. The lowest BCUT2D eigenvalue weighted by Crippen LogP contribution is -2.24. The molecule has 1 unspecified atom stereocenters. The van der Waals surface area contributed by atoms with Gasteiger partial charge in [0.25, 0.3) is 5.56 Å². The first-order valence-electron chi connectivity index (χ1n) is 8.68. The monoisotopic (exact) mass is 416 g/mol. The summed E-state index contributed by atoms with van der Waals surface area (Å²) >= 11 is 7.31. The number of hydrogen-bond acceptors (Lipinski definition) is 6. The molecule has 3 aromatic rings. The fourth-order valence-corrected chi connectivity index (χ4v) is 4.35. The number of benzene rings is 2. The van der Waals surface area contributed by atoms with Crippen molar-refractivity contribution in [1.82, 2.24) is 9.55 Å². The molecule has 1 saturated heterocycles. The van der Waals surface area contributed by atoms with Crippen LogP contribution in [0, 0.1) is 6.92 Å². The summed E-state index contributed by atoms with van der Waals surface area (Å²) in [5, 5.41) is 0.908. The third kappa shape index (κ3) is 3.36. The molecular weight excluding hydrogens is 400 g/mol. The van der Waals surface area contributed by atoms with Crippen LogP contribution < -0.4 is 10.3 Å². The van der Waals surface area contributed by atoms with Crippen LogP contribution in [-0.4, -0.2) is 34.5 Å². The first-order chi connectivity index (χ1) is 13.5. The maximum absolute atomic E-state index is 13.4. The number of ether oxygens (including phenoxy) is 2. The molecule has 8 heteroatoms. The van der Waals surface area contributed by atoms with Gasteiger partial charge in [-0.1, -0.05) is 29.4 Å². The zero-order chi connectivity index (χ0) is 19.8. The van der Waals surface area contributed by atoms with Crippen LogP contribution in [0.2, 0.25) is 5.02 Å². The van der Waals surface area contributed by atoms with E-state index in [0.717, 1.165) is 5.56 Å². The number of aryl methyl sites for hydroxylation is 1. The van der Waals surface area contributed by atoms with Crippen molar-refractivity contribution in [3.8, 4) is 11.4 Å². The van der Waals surface area contributed by atoms with E-state index in [0.29, 0.717) is 45.5 Å². The van der Waals surface area contributed by atoms with Gasteiger partial charge in [0.2, 0.25) is 0 Å². The van der Waals surface area contributed by atoms with Crippen LogP contribution in [0.1, 0.15) is 12.0 Å². The summed E-state index contributed by atoms with van der Waals surface area (Å²) in [5.74, 6) is 0.242. The molecule has 0 radical (unpaired) electrons. The van der Waals surface area contributed by atoms with Gasteiger partial charge in [-0.25, -0.2) is 4.98 Å². The number of aromatic nitrogens is 2. The van der Waals surface area contributed by atoms with E-state index in [1.165, 1.54) is 16.3 Å². The smallest absolute Gasteiger partial charge is 0.319 e. The maximum atomic E-state index is 13.4. The van der Waals surface area contributed by atoms with E-state index >= 15 is 0 Å². The fourth-order valence-electron chi connectivity index (χ4n) is 3.12. The maximum Gasteiger partial charge on any atom is 0.319 e. The number of nitrogens with zero attached hydrogens (tertiary/aromatic N) is 2. The Morgan fingerprint density at radius 3 is 2.79 bits per heavy atom. The second kappa shape index (κ2) is 7.48.